The smallest absolute Gasteiger partial charge is 0.367 e. The normalized spacial score (nSPS) is 15.9. The summed E-state index contributed by atoms with van der Waals surface area (Å²) in [5, 5.41) is 22.8. The van der Waals surface area contributed by atoms with Crippen LogP contribution in [0.1, 0.15) is 36.9 Å². The molecular weight excluding hydrogens is 585 g/mol. The van der Waals surface area contributed by atoms with E-state index in [9.17, 15) is 13.2 Å². The van der Waals surface area contributed by atoms with Gasteiger partial charge in [-0.25, -0.2) is 4.98 Å². The number of nitrogens with one attached hydrogen (secondary N) is 1. The number of anilines is 3. The molecule has 2 aromatic heterocycles. The maximum Gasteiger partial charge on any atom is 0.416 e. The van der Waals surface area contributed by atoms with Crippen LogP contribution in [0.25, 0.3) is 33.0 Å². The Balaban J connectivity index is 1.29. The topological polar surface area (TPSA) is 85.9 Å². The van der Waals surface area contributed by atoms with Gasteiger partial charge >= 0.3 is 6.18 Å². The predicted octanol–water partition coefficient (Wildman–Crippen LogP) is 7.33. The molecule has 0 bridgehead atoms. The number of alkyl halides is 3. The SMILES string of the molecule is CCN1CCN(c2cc3c(cc2Nc2nnc(-c4ccc(C#N)cc4)s2)nc(-c2ccc(C(F)(F)F)cc2)n3C2CC2)CC1. The van der Waals surface area contributed by atoms with Crippen molar-refractivity contribution in [3.63, 3.8) is 0 Å². The summed E-state index contributed by atoms with van der Waals surface area (Å²) in [6, 6.07) is 19.1. The van der Waals surface area contributed by atoms with Crippen LogP contribution < -0.4 is 10.2 Å². The maximum absolute atomic E-state index is 13.3. The first kappa shape index (κ1) is 28.3. The molecular formula is C32H29F3N8S. The summed E-state index contributed by atoms with van der Waals surface area (Å²) >= 11 is 1.42. The molecule has 1 aliphatic heterocycles. The molecule has 1 aliphatic carbocycles. The number of imidazole rings is 1. The predicted molar refractivity (Wildman–Crippen MR) is 166 cm³/mol. The van der Waals surface area contributed by atoms with E-state index in [-0.39, 0.29) is 6.04 Å². The van der Waals surface area contributed by atoms with E-state index in [0.29, 0.717) is 22.1 Å². The Morgan fingerprint density at radius 2 is 1.66 bits per heavy atom. The van der Waals surface area contributed by atoms with Crippen molar-refractivity contribution < 1.29 is 13.2 Å². The van der Waals surface area contributed by atoms with E-state index >= 15 is 0 Å². The van der Waals surface area contributed by atoms with Crippen molar-refractivity contribution in [1.29, 1.82) is 5.26 Å². The Hall–Kier alpha value is -4.47. The van der Waals surface area contributed by atoms with Gasteiger partial charge in [0.25, 0.3) is 0 Å². The van der Waals surface area contributed by atoms with Crippen molar-refractivity contribution in [1.82, 2.24) is 24.6 Å². The van der Waals surface area contributed by atoms with Crippen LogP contribution in [-0.2, 0) is 6.18 Å². The van der Waals surface area contributed by atoms with Gasteiger partial charge in [0.15, 0.2) is 0 Å². The van der Waals surface area contributed by atoms with E-state index in [1.54, 1.807) is 12.1 Å². The highest BCUT2D eigenvalue weighted by atomic mass is 32.1. The molecule has 8 nitrogen and oxygen atoms in total. The quantitative estimate of drug-likeness (QED) is 0.205. The number of benzene rings is 3. The van der Waals surface area contributed by atoms with Gasteiger partial charge in [0.2, 0.25) is 5.13 Å². The van der Waals surface area contributed by atoms with Crippen LogP contribution >= 0.6 is 11.3 Å². The van der Waals surface area contributed by atoms with E-state index in [2.05, 4.69) is 48.9 Å². The van der Waals surface area contributed by atoms with Crippen LogP contribution in [0.3, 0.4) is 0 Å². The Kier molecular flexibility index (Phi) is 7.22. The van der Waals surface area contributed by atoms with Crippen molar-refractivity contribution in [2.75, 3.05) is 42.9 Å². The highest BCUT2D eigenvalue weighted by Crippen LogP contribution is 2.44. The van der Waals surface area contributed by atoms with Gasteiger partial charge in [-0.15, -0.1) is 10.2 Å². The molecule has 2 aliphatic rings. The summed E-state index contributed by atoms with van der Waals surface area (Å²) in [4.78, 5) is 9.77. The first-order valence-electron chi connectivity index (χ1n) is 14.6. The van der Waals surface area contributed by atoms with Crippen molar-refractivity contribution in [3.05, 3.63) is 71.8 Å². The monoisotopic (exact) mass is 614 g/mol. The maximum atomic E-state index is 13.3. The fourth-order valence-corrected chi connectivity index (χ4v) is 6.47. The molecule has 3 heterocycles. The van der Waals surface area contributed by atoms with Crippen LogP contribution in [-0.4, -0.2) is 57.4 Å². The molecule has 5 aromatic rings. The van der Waals surface area contributed by atoms with E-state index in [1.807, 2.05) is 18.2 Å². The number of likely N-dealkylation sites (N-methyl/N-ethyl adjacent to an activating group) is 1. The third kappa shape index (κ3) is 5.49. The minimum Gasteiger partial charge on any atom is -0.367 e. The number of hydrogen-bond donors (Lipinski definition) is 1. The standard InChI is InChI=1S/C32H29F3N8S/c1-2-41-13-15-42(16-14-41)27-18-28-26(17-25(27)38-31-40-39-30(44-31)22-5-3-20(19-36)4-6-22)37-29(43(28)24-11-12-24)21-7-9-23(10-8-21)32(33,34)35/h3-10,17-18,24H,2,11-16H2,1H3,(H,38,40). The first-order chi connectivity index (χ1) is 21.3. The second-order valence-corrected chi connectivity index (χ2v) is 12.1. The Labute approximate surface area is 256 Å². The number of fused-ring (bicyclic) bond motifs is 1. The van der Waals surface area contributed by atoms with Gasteiger partial charge in [0.05, 0.1) is 39.6 Å². The van der Waals surface area contributed by atoms with Crippen LogP contribution in [0, 0.1) is 11.3 Å². The largest absolute Gasteiger partial charge is 0.416 e. The third-order valence-electron chi connectivity index (χ3n) is 8.28. The van der Waals surface area contributed by atoms with Gasteiger partial charge in [-0.3, -0.25) is 0 Å². The number of halogens is 3. The van der Waals surface area contributed by atoms with Gasteiger partial charge in [-0.1, -0.05) is 42.5 Å². The summed E-state index contributed by atoms with van der Waals surface area (Å²) < 4.78 is 42.0. The molecule has 1 N–H and O–H groups in total. The summed E-state index contributed by atoms with van der Waals surface area (Å²) in [6.07, 6.45) is -2.38. The zero-order valence-electron chi connectivity index (χ0n) is 24.0. The van der Waals surface area contributed by atoms with Crippen molar-refractivity contribution >= 4 is 38.9 Å². The number of nitriles is 1. The average molecular weight is 615 g/mol. The van der Waals surface area contributed by atoms with Gasteiger partial charge in [0.1, 0.15) is 10.8 Å². The fourth-order valence-electron chi connectivity index (χ4n) is 5.70. The minimum absolute atomic E-state index is 0.263. The lowest BCUT2D eigenvalue weighted by atomic mass is 10.1. The Bertz CT molecular complexity index is 1840. The van der Waals surface area contributed by atoms with Gasteiger partial charge in [0, 0.05) is 43.3 Å². The molecule has 0 amide bonds. The Morgan fingerprint density at radius 3 is 2.30 bits per heavy atom. The van der Waals surface area contributed by atoms with Crippen LogP contribution in [0.4, 0.5) is 29.7 Å². The summed E-state index contributed by atoms with van der Waals surface area (Å²) in [5.41, 5.74) is 5.06. The van der Waals surface area contributed by atoms with Gasteiger partial charge < -0.3 is 19.7 Å². The molecule has 7 rings (SSSR count). The molecule has 0 atom stereocenters. The molecule has 224 valence electrons. The molecule has 0 radical (unpaired) electrons. The molecule has 44 heavy (non-hydrogen) atoms. The summed E-state index contributed by atoms with van der Waals surface area (Å²) in [5.74, 6) is 0.675. The zero-order valence-corrected chi connectivity index (χ0v) is 24.8. The van der Waals surface area contributed by atoms with E-state index in [1.165, 1.54) is 23.5 Å². The highest BCUT2D eigenvalue weighted by molar-refractivity contribution is 7.18. The van der Waals surface area contributed by atoms with Crippen LogP contribution in [0.2, 0.25) is 0 Å². The molecule has 3 aromatic carbocycles. The second kappa shape index (κ2) is 11.2. The molecule has 2 fully saturated rings. The number of hydrogen-bond acceptors (Lipinski definition) is 8. The molecule has 12 heteroatoms. The number of nitrogens with zero attached hydrogens (tertiary/aromatic N) is 7. The third-order valence-corrected chi connectivity index (χ3v) is 9.16. The second-order valence-electron chi connectivity index (χ2n) is 11.1. The van der Waals surface area contributed by atoms with Gasteiger partial charge in [-0.2, -0.15) is 18.4 Å². The summed E-state index contributed by atoms with van der Waals surface area (Å²) in [7, 11) is 0. The summed E-state index contributed by atoms with van der Waals surface area (Å²) in [6.45, 7) is 6.81. The molecule has 0 spiro atoms. The molecule has 0 unspecified atom stereocenters. The lowest BCUT2D eigenvalue weighted by Crippen LogP contribution is -2.46. The Morgan fingerprint density at radius 1 is 0.955 bits per heavy atom. The first-order valence-corrected chi connectivity index (χ1v) is 15.4. The van der Waals surface area contributed by atoms with E-state index in [4.69, 9.17) is 10.2 Å². The average Bonchev–Trinajstić information content (AvgIpc) is 3.66. The molecule has 1 saturated carbocycles. The van der Waals surface area contributed by atoms with E-state index in [0.717, 1.165) is 90.7 Å². The lowest BCUT2D eigenvalue weighted by molar-refractivity contribution is -0.137. The van der Waals surface area contributed by atoms with Crippen molar-refractivity contribution in [3.8, 4) is 28.0 Å². The number of piperazine rings is 1. The van der Waals surface area contributed by atoms with Crippen LogP contribution in [0.5, 0.6) is 0 Å². The zero-order chi connectivity index (χ0) is 30.4. The van der Waals surface area contributed by atoms with E-state index < -0.39 is 11.7 Å². The van der Waals surface area contributed by atoms with Crippen molar-refractivity contribution in [2.45, 2.75) is 32.0 Å². The minimum atomic E-state index is -4.39. The van der Waals surface area contributed by atoms with Gasteiger partial charge in [-0.05, 0) is 55.8 Å². The molecule has 1 saturated heterocycles. The van der Waals surface area contributed by atoms with Crippen LogP contribution in [0.15, 0.2) is 60.7 Å². The lowest BCUT2D eigenvalue weighted by Gasteiger charge is -2.36. The van der Waals surface area contributed by atoms with Crippen molar-refractivity contribution in [2.24, 2.45) is 0 Å². The fraction of sp³-hybridized carbons (Fsp3) is 0.312. The highest BCUT2D eigenvalue weighted by Gasteiger charge is 2.32. The number of rotatable bonds is 7. The number of aromatic nitrogens is 4.